The van der Waals surface area contributed by atoms with Crippen LogP contribution in [-0.2, 0) is 11.2 Å². The second-order valence-corrected chi connectivity index (χ2v) is 7.37. The van der Waals surface area contributed by atoms with Gasteiger partial charge in [-0.3, -0.25) is 4.79 Å². The number of hydrogen-bond donors (Lipinski definition) is 1. The van der Waals surface area contributed by atoms with Crippen LogP contribution in [0.15, 0.2) is 18.2 Å². The Morgan fingerprint density at radius 2 is 1.88 bits per heavy atom. The van der Waals surface area contributed by atoms with Crippen LogP contribution in [0, 0.1) is 6.92 Å². The van der Waals surface area contributed by atoms with E-state index < -0.39 is 5.97 Å². The van der Waals surface area contributed by atoms with E-state index in [2.05, 4.69) is 9.80 Å². The van der Waals surface area contributed by atoms with Crippen molar-refractivity contribution in [3.63, 3.8) is 0 Å². The molecule has 0 radical (unpaired) electrons. The van der Waals surface area contributed by atoms with Crippen molar-refractivity contribution < 1.29 is 14.7 Å². The highest BCUT2D eigenvalue weighted by molar-refractivity contribution is 5.88. The van der Waals surface area contributed by atoms with Crippen molar-refractivity contribution >= 4 is 11.9 Å². The molecular formula is C20H28N2O3. The van der Waals surface area contributed by atoms with E-state index >= 15 is 0 Å². The van der Waals surface area contributed by atoms with E-state index in [1.54, 1.807) is 18.2 Å². The van der Waals surface area contributed by atoms with Crippen LogP contribution in [0.4, 0.5) is 0 Å². The van der Waals surface area contributed by atoms with Crippen LogP contribution in [0.1, 0.15) is 53.6 Å². The van der Waals surface area contributed by atoms with Gasteiger partial charge in [-0.15, -0.1) is 0 Å². The van der Waals surface area contributed by atoms with Crippen molar-refractivity contribution in [1.82, 2.24) is 9.80 Å². The first-order valence-corrected chi connectivity index (χ1v) is 9.39. The minimum Gasteiger partial charge on any atom is -0.478 e. The number of rotatable bonds is 5. The van der Waals surface area contributed by atoms with Gasteiger partial charge in [-0.2, -0.15) is 0 Å². The monoisotopic (exact) mass is 344 g/mol. The summed E-state index contributed by atoms with van der Waals surface area (Å²) in [6, 6.07) is 5.36. The van der Waals surface area contributed by atoms with Gasteiger partial charge in [0.1, 0.15) is 0 Å². The third-order valence-corrected chi connectivity index (χ3v) is 5.55. The molecule has 3 rings (SSSR count). The fourth-order valence-corrected chi connectivity index (χ4v) is 4.09. The van der Waals surface area contributed by atoms with Crippen LogP contribution in [0.25, 0.3) is 0 Å². The summed E-state index contributed by atoms with van der Waals surface area (Å²) in [5, 5.41) is 9.07. The number of benzene rings is 1. The summed E-state index contributed by atoms with van der Waals surface area (Å²) < 4.78 is 0. The molecule has 0 aromatic heterocycles. The van der Waals surface area contributed by atoms with E-state index in [4.69, 9.17) is 5.11 Å². The molecule has 2 fully saturated rings. The molecule has 5 heteroatoms. The molecule has 0 spiro atoms. The van der Waals surface area contributed by atoms with Crippen molar-refractivity contribution in [3.8, 4) is 0 Å². The van der Waals surface area contributed by atoms with Gasteiger partial charge in [-0.25, -0.2) is 4.79 Å². The Labute approximate surface area is 149 Å². The van der Waals surface area contributed by atoms with Crippen molar-refractivity contribution in [2.45, 2.75) is 51.5 Å². The number of carbonyl (C=O) groups is 2. The summed E-state index contributed by atoms with van der Waals surface area (Å²) in [6.07, 6.45) is 6.42. The summed E-state index contributed by atoms with van der Waals surface area (Å²) in [6.45, 7) is 6.05. The van der Waals surface area contributed by atoms with Gasteiger partial charge in [0, 0.05) is 19.1 Å². The first-order chi connectivity index (χ1) is 12.0. The SMILES string of the molecule is Cc1cc(C(=O)O)ccc1CC(=O)N1CCCC1CN1CCCCC1. The van der Waals surface area contributed by atoms with Crippen LogP contribution in [-0.4, -0.2) is 59.0 Å². The molecule has 0 bridgehead atoms. The van der Waals surface area contributed by atoms with Gasteiger partial charge in [-0.05, 0) is 69.0 Å². The Morgan fingerprint density at radius 3 is 2.56 bits per heavy atom. The predicted molar refractivity (Wildman–Crippen MR) is 96.9 cm³/mol. The van der Waals surface area contributed by atoms with Crippen molar-refractivity contribution in [3.05, 3.63) is 34.9 Å². The van der Waals surface area contributed by atoms with E-state index in [9.17, 15) is 9.59 Å². The smallest absolute Gasteiger partial charge is 0.335 e. The van der Waals surface area contributed by atoms with E-state index in [1.807, 2.05) is 6.92 Å². The van der Waals surface area contributed by atoms with Crippen molar-refractivity contribution in [1.29, 1.82) is 0 Å². The van der Waals surface area contributed by atoms with Crippen LogP contribution in [0.3, 0.4) is 0 Å². The number of aromatic carboxylic acids is 1. The number of piperidine rings is 1. The zero-order valence-corrected chi connectivity index (χ0v) is 15.0. The van der Waals surface area contributed by atoms with Gasteiger partial charge in [-0.1, -0.05) is 12.5 Å². The lowest BCUT2D eigenvalue weighted by molar-refractivity contribution is -0.131. The van der Waals surface area contributed by atoms with Crippen LogP contribution < -0.4 is 0 Å². The highest BCUT2D eigenvalue weighted by Crippen LogP contribution is 2.22. The third-order valence-electron chi connectivity index (χ3n) is 5.55. The van der Waals surface area contributed by atoms with Crippen LogP contribution in [0.5, 0.6) is 0 Å². The lowest BCUT2D eigenvalue weighted by Gasteiger charge is -2.33. The number of hydrogen-bond acceptors (Lipinski definition) is 3. The molecule has 2 aliphatic rings. The van der Waals surface area contributed by atoms with Crippen LogP contribution >= 0.6 is 0 Å². The lowest BCUT2D eigenvalue weighted by Crippen LogP contribution is -2.45. The maximum Gasteiger partial charge on any atom is 0.335 e. The molecule has 5 nitrogen and oxygen atoms in total. The number of aryl methyl sites for hydroxylation is 1. The van der Waals surface area contributed by atoms with Gasteiger partial charge in [0.15, 0.2) is 0 Å². The first-order valence-electron chi connectivity index (χ1n) is 9.39. The normalized spacial score (nSPS) is 21.5. The zero-order valence-electron chi connectivity index (χ0n) is 15.0. The highest BCUT2D eigenvalue weighted by Gasteiger charge is 2.30. The molecule has 25 heavy (non-hydrogen) atoms. The minimum atomic E-state index is -0.929. The molecule has 1 N–H and O–H groups in total. The molecular weight excluding hydrogens is 316 g/mol. The van der Waals surface area contributed by atoms with E-state index in [0.717, 1.165) is 50.1 Å². The Bertz CT molecular complexity index is 638. The number of carbonyl (C=O) groups excluding carboxylic acids is 1. The Balaban J connectivity index is 1.62. The molecule has 1 amide bonds. The molecule has 1 aromatic carbocycles. The van der Waals surface area contributed by atoms with Gasteiger partial charge < -0.3 is 14.9 Å². The molecule has 1 unspecified atom stereocenters. The fourth-order valence-electron chi connectivity index (χ4n) is 4.09. The van der Waals surface area contributed by atoms with E-state index in [-0.39, 0.29) is 11.5 Å². The largest absolute Gasteiger partial charge is 0.478 e. The summed E-state index contributed by atoms with van der Waals surface area (Å²) in [7, 11) is 0. The first kappa shape index (κ1) is 17.9. The molecule has 1 aromatic rings. The average Bonchev–Trinajstić information content (AvgIpc) is 3.05. The van der Waals surface area contributed by atoms with Gasteiger partial charge in [0.2, 0.25) is 5.91 Å². The molecule has 0 saturated carbocycles. The van der Waals surface area contributed by atoms with Gasteiger partial charge in [0.25, 0.3) is 0 Å². The van der Waals surface area contributed by atoms with Crippen molar-refractivity contribution in [2.75, 3.05) is 26.2 Å². The standard InChI is InChI=1S/C20H28N2O3/c1-15-12-17(20(24)25)8-7-16(15)13-19(23)22-11-5-6-18(22)14-21-9-3-2-4-10-21/h7-8,12,18H,2-6,9-11,13-14H2,1H3,(H,24,25). The molecule has 1 atom stereocenters. The van der Waals surface area contributed by atoms with Gasteiger partial charge >= 0.3 is 5.97 Å². The highest BCUT2D eigenvalue weighted by atomic mass is 16.4. The Morgan fingerprint density at radius 1 is 1.12 bits per heavy atom. The molecule has 136 valence electrons. The fraction of sp³-hybridized carbons (Fsp3) is 0.600. The number of carboxylic acids is 1. The third kappa shape index (κ3) is 4.40. The molecule has 2 saturated heterocycles. The Hall–Kier alpha value is -1.88. The molecule has 0 aliphatic carbocycles. The second kappa shape index (κ2) is 8.00. The lowest BCUT2D eigenvalue weighted by atomic mass is 10.0. The number of carboxylic acid groups (broad SMARTS) is 1. The molecule has 2 heterocycles. The molecule has 2 aliphatic heterocycles. The van der Waals surface area contributed by atoms with E-state index in [1.165, 1.54) is 19.3 Å². The van der Waals surface area contributed by atoms with Gasteiger partial charge in [0.05, 0.1) is 12.0 Å². The average molecular weight is 344 g/mol. The summed E-state index contributed by atoms with van der Waals surface area (Å²) in [5.41, 5.74) is 2.08. The predicted octanol–water partition coefficient (Wildman–Crippen LogP) is 2.71. The Kier molecular flexibility index (Phi) is 5.74. The van der Waals surface area contributed by atoms with E-state index in [0.29, 0.717) is 12.5 Å². The topological polar surface area (TPSA) is 60.9 Å². The zero-order chi connectivity index (χ0) is 17.8. The quantitative estimate of drug-likeness (QED) is 0.892. The number of amides is 1. The summed E-state index contributed by atoms with van der Waals surface area (Å²) in [5.74, 6) is -0.757. The minimum absolute atomic E-state index is 0.172. The van der Waals surface area contributed by atoms with Crippen LogP contribution in [0.2, 0.25) is 0 Å². The second-order valence-electron chi connectivity index (χ2n) is 7.37. The maximum atomic E-state index is 12.8. The summed E-state index contributed by atoms with van der Waals surface area (Å²) in [4.78, 5) is 28.4. The summed E-state index contributed by atoms with van der Waals surface area (Å²) >= 11 is 0. The van der Waals surface area contributed by atoms with Crippen molar-refractivity contribution in [2.24, 2.45) is 0 Å². The number of nitrogens with zero attached hydrogens (tertiary/aromatic N) is 2. The number of likely N-dealkylation sites (tertiary alicyclic amines) is 2. The maximum absolute atomic E-state index is 12.8.